The third-order valence-electron chi connectivity index (χ3n) is 7.18. The monoisotopic (exact) mass is 553 g/mol. The molecule has 2 aromatic heterocycles. The minimum Gasteiger partial charge on any atom is -0.463 e. The van der Waals surface area contributed by atoms with Crippen LogP contribution in [0, 0.1) is 20.8 Å². The van der Waals surface area contributed by atoms with E-state index in [-0.39, 0.29) is 17.9 Å². The highest BCUT2D eigenvalue weighted by Crippen LogP contribution is 2.31. The molecule has 204 valence electrons. The summed E-state index contributed by atoms with van der Waals surface area (Å²) < 4.78 is 9.58. The molecule has 0 saturated carbocycles. The highest BCUT2D eigenvalue weighted by molar-refractivity contribution is 7.07. The van der Waals surface area contributed by atoms with Gasteiger partial charge in [-0.25, -0.2) is 9.79 Å². The summed E-state index contributed by atoms with van der Waals surface area (Å²) >= 11 is 1.30. The van der Waals surface area contributed by atoms with E-state index < -0.39 is 12.0 Å². The number of ether oxygens (including phenoxy) is 1. The van der Waals surface area contributed by atoms with E-state index in [1.807, 2.05) is 75.4 Å². The lowest BCUT2D eigenvalue weighted by Gasteiger charge is -2.24. The predicted molar refractivity (Wildman–Crippen MR) is 157 cm³/mol. The summed E-state index contributed by atoms with van der Waals surface area (Å²) in [7, 11) is 0. The van der Waals surface area contributed by atoms with E-state index in [1.165, 1.54) is 11.3 Å². The first-order valence-electron chi connectivity index (χ1n) is 13.2. The number of allylic oxidation sites excluding steroid dienone is 1. The molecule has 4 aromatic rings. The Kier molecular flexibility index (Phi) is 7.29. The number of esters is 1. The van der Waals surface area contributed by atoms with Crippen molar-refractivity contribution < 1.29 is 14.3 Å². The van der Waals surface area contributed by atoms with Crippen molar-refractivity contribution in [1.82, 2.24) is 9.13 Å². The number of nitrogens with zero attached hydrogens (tertiary/aromatic N) is 3. The van der Waals surface area contributed by atoms with Crippen molar-refractivity contribution in [3.05, 3.63) is 119 Å². The number of carbonyl (C=O) groups is 2. The maximum Gasteiger partial charge on any atom is 0.338 e. The molecule has 0 fully saturated rings. The number of aryl methyl sites for hydroxylation is 2. The van der Waals surface area contributed by atoms with E-state index in [0.717, 1.165) is 33.8 Å². The van der Waals surface area contributed by atoms with E-state index in [1.54, 1.807) is 31.4 Å². The van der Waals surface area contributed by atoms with E-state index in [0.29, 0.717) is 26.2 Å². The fraction of sp³-hybridized carbons (Fsp3) is 0.250. The molecule has 8 heteroatoms. The largest absolute Gasteiger partial charge is 0.463 e. The quantitative estimate of drug-likeness (QED) is 0.256. The van der Waals surface area contributed by atoms with Gasteiger partial charge in [0.25, 0.3) is 5.56 Å². The van der Waals surface area contributed by atoms with Gasteiger partial charge in [0.2, 0.25) is 0 Å². The standard InChI is InChI=1S/C32H31N3O4S/c1-7-39-31(38)28-20(4)33-32-35(29(28)23-13-11-18(2)12-14-23)30(37)27(40-32)17-25-15-19(3)34(21(25)5)26-10-8-9-24(16-26)22(6)36/h8-17,29H,7H2,1-6H3/b27-17+/t29-/m0/s1. The molecule has 0 N–H and O–H groups in total. The summed E-state index contributed by atoms with van der Waals surface area (Å²) in [5, 5.41) is 0. The van der Waals surface area contributed by atoms with Crippen molar-refractivity contribution in [1.29, 1.82) is 0 Å². The van der Waals surface area contributed by atoms with E-state index in [9.17, 15) is 14.4 Å². The number of hydrogen-bond donors (Lipinski definition) is 0. The lowest BCUT2D eigenvalue weighted by molar-refractivity contribution is -0.139. The molecule has 2 aromatic carbocycles. The molecule has 0 aliphatic carbocycles. The summed E-state index contributed by atoms with van der Waals surface area (Å²) in [6, 6.07) is 16.7. The van der Waals surface area contributed by atoms with Gasteiger partial charge in [0.05, 0.1) is 28.5 Å². The van der Waals surface area contributed by atoms with Gasteiger partial charge in [-0.05, 0) is 76.9 Å². The van der Waals surface area contributed by atoms with Crippen LogP contribution in [0.5, 0.6) is 0 Å². The molecule has 0 saturated heterocycles. The van der Waals surface area contributed by atoms with Gasteiger partial charge in [-0.2, -0.15) is 0 Å². The number of fused-ring (bicyclic) bond motifs is 1. The molecule has 0 bridgehead atoms. The fourth-order valence-corrected chi connectivity index (χ4v) is 6.23. The van der Waals surface area contributed by atoms with Gasteiger partial charge in [0, 0.05) is 22.6 Å². The summed E-state index contributed by atoms with van der Waals surface area (Å²) in [6.45, 7) is 11.3. The predicted octanol–water partition coefficient (Wildman–Crippen LogP) is 4.72. The molecule has 0 unspecified atom stereocenters. The number of benzene rings is 2. The van der Waals surface area contributed by atoms with Crippen LogP contribution in [0.4, 0.5) is 0 Å². The SMILES string of the molecule is CCOC(=O)C1=C(C)N=c2s/c(=C/c3cc(C)n(-c4cccc(C(C)=O)c4)c3C)c(=O)n2[C@H]1c1ccc(C)cc1. The molecular weight excluding hydrogens is 522 g/mol. The summed E-state index contributed by atoms with van der Waals surface area (Å²) in [6.07, 6.45) is 1.88. The average molecular weight is 554 g/mol. The molecule has 0 spiro atoms. The van der Waals surface area contributed by atoms with Crippen LogP contribution < -0.4 is 14.9 Å². The van der Waals surface area contributed by atoms with Crippen LogP contribution in [-0.4, -0.2) is 27.5 Å². The summed E-state index contributed by atoms with van der Waals surface area (Å²) in [5.74, 6) is -0.466. The second-order valence-electron chi connectivity index (χ2n) is 9.98. The molecule has 1 aliphatic rings. The van der Waals surface area contributed by atoms with Gasteiger partial charge in [0.1, 0.15) is 0 Å². The molecule has 3 heterocycles. The minimum atomic E-state index is -0.639. The van der Waals surface area contributed by atoms with Crippen LogP contribution in [-0.2, 0) is 9.53 Å². The Morgan fingerprint density at radius 2 is 1.77 bits per heavy atom. The molecular formula is C32H31N3O4S. The lowest BCUT2D eigenvalue weighted by Crippen LogP contribution is -2.39. The Morgan fingerprint density at radius 1 is 1.05 bits per heavy atom. The Hall–Kier alpha value is -4.30. The van der Waals surface area contributed by atoms with Gasteiger partial charge in [0.15, 0.2) is 10.6 Å². The van der Waals surface area contributed by atoms with Crippen LogP contribution in [0.2, 0.25) is 0 Å². The van der Waals surface area contributed by atoms with Crippen molar-refractivity contribution in [2.75, 3.05) is 6.61 Å². The zero-order valence-electron chi connectivity index (χ0n) is 23.4. The maximum absolute atomic E-state index is 14.0. The van der Waals surface area contributed by atoms with Gasteiger partial charge in [-0.3, -0.25) is 14.2 Å². The molecule has 0 radical (unpaired) electrons. The highest BCUT2D eigenvalue weighted by atomic mass is 32.1. The molecule has 5 rings (SSSR count). The fourth-order valence-electron chi connectivity index (χ4n) is 5.19. The smallest absolute Gasteiger partial charge is 0.338 e. The van der Waals surface area contributed by atoms with Gasteiger partial charge < -0.3 is 9.30 Å². The summed E-state index contributed by atoms with van der Waals surface area (Å²) in [5.41, 5.74) is 6.95. The number of hydrogen-bond acceptors (Lipinski definition) is 6. The first-order chi connectivity index (χ1) is 19.1. The molecule has 1 atom stereocenters. The van der Waals surface area contributed by atoms with Crippen molar-refractivity contribution in [3.63, 3.8) is 0 Å². The van der Waals surface area contributed by atoms with Crippen molar-refractivity contribution in [2.24, 2.45) is 4.99 Å². The molecule has 1 aliphatic heterocycles. The lowest BCUT2D eigenvalue weighted by atomic mass is 9.95. The Balaban J connectivity index is 1.68. The van der Waals surface area contributed by atoms with Crippen molar-refractivity contribution in [2.45, 2.75) is 47.6 Å². The number of Topliss-reactive ketones (excluding diaryl/α,β-unsaturated/α-hetero) is 1. The zero-order valence-corrected chi connectivity index (χ0v) is 24.3. The topological polar surface area (TPSA) is 82.7 Å². The number of carbonyl (C=O) groups excluding carboxylic acids is 2. The van der Waals surface area contributed by atoms with Crippen LogP contribution in [0.1, 0.15) is 65.2 Å². The molecule has 0 amide bonds. The third-order valence-corrected chi connectivity index (χ3v) is 8.16. The van der Waals surface area contributed by atoms with Crippen LogP contribution in [0.3, 0.4) is 0 Å². The number of rotatable bonds is 6. The Bertz CT molecular complexity index is 1870. The maximum atomic E-state index is 14.0. The molecule has 40 heavy (non-hydrogen) atoms. The van der Waals surface area contributed by atoms with Crippen LogP contribution in [0.15, 0.2) is 75.7 Å². The minimum absolute atomic E-state index is 0.00579. The second kappa shape index (κ2) is 10.7. The highest BCUT2D eigenvalue weighted by Gasteiger charge is 2.33. The average Bonchev–Trinajstić information content (AvgIpc) is 3.37. The zero-order chi connectivity index (χ0) is 28.7. The second-order valence-corrected chi connectivity index (χ2v) is 11.0. The Morgan fingerprint density at radius 3 is 2.45 bits per heavy atom. The normalized spacial score (nSPS) is 15.2. The number of ketones is 1. The van der Waals surface area contributed by atoms with Gasteiger partial charge in [-0.15, -0.1) is 0 Å². The Labute approximate surface area is 236 Å². The number of thiazole rings is 1. The van der Waals surface area contributed by atoms with E-state index in [2.05, 4.69) is 9.56 Å². The van der Waals surface area contributed by atoms with Crippen LogP contribution >= 0.6 is 11.3 Å². The van der Waals surface area contributed by atoms with Gasteiger partial charge >= 0.3 is 5.97 Å². The first-order valence-corrected chi connectivity index (χ1v) is 14.0. The van der Waals surface area contributed by atoms with Crippen LogP contribution in [0.25, 0.3) is 11.8 Å². The van der Waals surface area contributed by atoms with E-state index >= 15 is 0 Å². The first kappa shape index (κ1) is 27.3. The third kappa shape index (κ3) is 4.79. The van der Waals surface area contributed by atoms with E-state index in [4.69, 9.17) is 4.74 Å². The van der Waals surface area contributed by atoms with Gasteiger partial charge in [-0.1, -0.05) is 53.3 Å². The number of aromatic nitrogens is 2. The van der Waals surface area contributed by atoms with Crippen molar-refractivity contribution >= 4 is 29.2 Å². The van der Waals surface area contributed by atoms with Crippen molar-refractivity contribution in [3.8, 4) is 5.69 Å². The molecule has 7 nitrogen and oxygen atoms in total. The summed E-state index contributed by atoms with van der Waals surface area (Å²) in [4.78, 5) is 44.2.